The summed E-state index contributed by atoms with van der Waals surface area (Å²) < 4.78 is 6.02. The first-order chi connectivity index (χ1) is 6.25. The molecule has 1 heterocycles. The van der Waals surface area contributed by atoms with Gasteiger partial charge in [-0.05, 0) is 33.8 Å². The molecular weight excluding hydrogens is 252 g/mol. The summed E-state index contributed by atoms with van der Waals surface area (Å²) in [5.74, 6) is 0.0512. The zero-order chi connectivity index (χ0) is 9.68. The molecule has 0 unspecified atom stereocenters. The number of hydrogen-bond acceptors (Lipinski definition) is 3. The Hall–Kier alpha value is -0.190. The summed E-state index contributed by atoms with van der Waals surface area (Å²) in [6, 6.07) is 1.87. The molecule has 2 nitrogen and oxygen atoms in total. The lowest BCUT2D eigenvalue weighted by atomic mass is 10.3. The molecule has 0 amide bonds. The monoisotopic (exact) mass is 262 g/mol. The van der Waals surface area contributed by atoms with Gasteiger partial charge in [-0.3, -0.25) is 4.79 Å². The molecule has 1 aromatic heterocycles. The number of carbonyl (C=O) groups is 1. The molecule has 0 aromatic carbocycles. The fourth-order valence-corrected chi connectivity index (χ4v) is 2.39. The Morgan fingerprint density at radius 1 is 1.69 bits per heavy atom. The highest BCUT2D eigenvalue weighted by molar-refractivity contribution is 9.10. The first-order valence-corrected chi connectivity index (χ1v) is 5.77. The van der Waals surface area contributed by atoms with Crippen LogP contribution in [0.25, 0.3) is 0 Å². The van der Waals surface area contributed by atoms with E-state index in [4.69, 9.17) is 4.74 Å². The lowest BCUT2D eigenvalue weighted by Crippen LogP contribution is -2.08. The summed E-state index contributed by atoms with van der Waals surface area (Å²) in [5, 5.41) is 1.89. The molecule has 0 aliphatic rings. The van der Waals surface area contributed by atoms with Gasteiger partial charge in [0.15, 0.2) is 5.78 Å². The maximum atomic E-state index is 11.5. The topological polar surface area (TPSA) is 26.3 Å². The summed E-state index contributed by atoms with van der Waals surface area (Å²) in [6.07, 6.45) is 0.943. The normalized spacial score (nSPS) is 10.3. The SMILES string of the molecule is CCCOCC(=O)c1sccc1Br. The summed E-state index contributed by atoms with van der Waals surface area (Å²) in [7, 11) is 0. The predicted molar refractivity (Wildman–Crippen MR) is 57.5 cm³/mol. The first kappa shape index (κ1) is 10.9. The smallest absolute Gasteiger partial charge is 0.199 e. The highest BCUT2D eigenvalue weighted by atomic mass is 79.9. The van der Waals surface area contributed by atoms with Gasteiger partial charge in [0, 0.05) is 11.1 Å². The number of halogens is 1. The van der Waals surface area contributed by atoms with Gasteiger partial charge in [0.1, 0.15) is 6.61 Å². The predicted octanol–water partition coefficient (Wildman–Crippen LogP) is 3.12. The number of Topliss-reactive ketones (excluding diaryl/α,β-unsaturated/α-hetero) is 1. The Balaban J connectivity index is 2.45. The van der Waals surface area contributed by atoms with Crippen molar-refractivity contribution in [3.05, 3.63) is 20.8 Å². The Bertz CT molecular complexity index is 283. The van der Waals surface area contributed by atoms with Gasteiger partial charge >= 0.3 is 0 Å². The zero-order valence-electron chi connectivity index (χ0n) is 7.38. The molecule has 0 aliphatic heterocycles. The van der Waals surface area contributed by atoms with Crippen LogP contribution in [-0.2, 0) is 4.74 Å². The fraction of sp³-hybridized carbons (Fsp3) is 0.444. The van der Waals surface area contributed by atoms with Crippen LogP contribution >= 0.6 is 27.3 Å². The van der Waals surface area contributed by atoms with Crippen molar-refractivity contribution in [1.29, 1.82) is 0 Å². The Morgan fingerprint density at radius 2 is 2.46 bits per heavy atom. The van der Waals surface area contributed by atoms with Crippen LogP contribution in [0.2, 0.25) is 0 Å². The molecule has 72 valence electrons. The van der Waals surface area contributed by atoms with Crippen molar-refractivity contribution in [2.75, 3.05) is 13.2 Å². The first-order valence-electron chi connectivity index (χ1n) is 4.09. The third-order valence-corrected chi connectivity index (χ3v) is 3.33. The molecule has 13 heavy (non-hydrogen) atoms. The van der Waals surface area contributed by atoms with Gasteiger partial charge in [0.25, 0.3) is 0 Å². The van der Waals surface area contributed by atoms with E-state index >= 15 is 0 Å². The Kier molecular flexibility index (Phi) is 4.62. The van der Waals surface area contributed by atoms with Gasteiger partial charge in [-0.15, -0.1) is 11.3 Å². The molecule has 0 radical (unpaired) electrons. The van der Waals surface area contributed by atoms with Crippen LogP contribution in [0.15, 0.2) is 15.9 Å². The lowest BCUT2D eigenvalue weighted by Gasteiger charge is -1.99. The second-order valence-corrected chi connectivity index (χ2v) is 4.34. The van der Waals surface area contributed by atoms with E-state index in [0.717, 1.165) is 15.8 Å². The zero-order valence-corrected chi connectivity index (χ0v) is 9.78. The molecule has 0 fully saturated rings. The Morgan fingerprint density at radius 3 is 3.00 bits per heavy atom. The second-order valence-electron chi connectivity index (χ2n) is 2.57. The quantitative estimate of drug-likeness (QED) is 0.602. The fourth-order valence-electron chi connectivity index (χ4n) is 0.867. The molecule has 0 atom stereocenters. The molecule has 0 N–H and O–H groups in total. The minimum absolute atomic E-state index is 0.0512. The highest BCUT2D eigenvalue weighted by Gasteiger charge is 2.10. The van der Waals surface area contributed by atoms with E-state index in [1.807, 2.05) is 18.4 Å². The highest BCUT2D eigenvalue weighted by Crippen LogP contribution is 2.22. The molecule has 0 aliphatic carbocycles. The summed E-state index contributed by atoms with van der Waals surface area (Å²) in [6.45, 7) is 2.85. The van der Waals surface area contributed by atoms with Crippen LogP contribution in [0.3, 0.4) is 0 Å². The van der Waals surface area contributed by atoms with Crippen LogP contribution < -0.4 is 0 Å². The number of hydrogen-bond donors (Lipinski definition) is 0. The van der Waals surface area contributed by atoms with Crippen LogP contribution in [0.5, 0.6) is 0 Å². The van der Waals surface area contributed by atoms with Crippen molar-refractivity contribution in [3.8, 4) is 0 Å². The van der Waals surface area contributed by atoms with Gasteiger partial charge in [0.05, 0.1) is 4.88 Å². The van der Waals surface area contributed by atoms with Crippen LogP contribution in [0.4, 0.5) is 0 Å². The van der Waals surface area contributed by atoms with E-state index in [0.29, 0.717) is 6.61 Å². The molecule has 0 bridgehead atoms. The van der Waals surface area contributed by atoms with Crippen molar-refractivity contribution >= 4 is 33.0 Å². The molecule has 0 spiro atoms. The number of rotatable bonds is 5. The largest absolute Gasteiger partial charge is 0.373 e. The average molecular weight is 263 g/mol. The van der Waals surface area contributed by atoms with E-state index in [2.05, 4.69) is 15.9 Å². The number of thiophene rings is 1. The van der Waals surface area contributed by atoms with E-state index in [-0.39, 0.29) is 12.4 Å². The number of ketones is 1. The van der Waals surface area contributed by atoms with E-state index in [1.54, 1.807) is 0 Å². The van der Waals surface area contributed by atoms with Crippen molar-refractivity contribution < 1.29 is 9.53 Å². The van der Waals surface area contributed by atoms with Gasteiger partial charge in [0.2, 0.25) is 0 Å². The van der Waals surface area contributed by atoms with Crippen molar-refractivity contribution in [2.45, 2.75) is 13.3 Å². The van der Waals surface area contributed by atoms with Gasteiger partial charge in [-0.1, -0.05) is 6.92 Å². The summed E-state index contributed by atoms with van der Waals surface area (Å²) >= 11 is 4.75. The third-order valence-electron chi connectivity index (χ3n) is 1.45. The van der Waals surface area contributed by atoms with Crippen molar-refractivity contribution in [3.63, 3.8) is 0 Å². The molecule has 1 aromatic rings. The van der Waals surface area contributed by atoms with Gasteiger partial charge in [-0.25, -0.2) is 0 Å². The standard InChI is InChI=1S/C9H11BrO2S/c1-2-4-12-6-8(11)9-7(10)3-5-13-9/h3,5H,2,4,6H2,1H3. The molecule has 4 heteroatoms. The van der Waals surface area contributed by atoms with Crippen LogP contribution in [0, 0.1) is 0 Å². The van der Waals surface area contributed by atoms with Crippen molar-refractivity contribution in [1.82, 2.24) is 0 Å². The average Bonchev–Trinajstić information content (AvgIpc) is 2.52. The maximum Gasteiger partial charge on any atom is 0.199 e. The minimum atomic E-state index is 0.0512. The minimum Gasteiger partial charge on any atom is -0.373 e. The van der Waals surface area contributed by atoms with Gasteiger partial charge in [-0.2, -0.15) is 0 Å². The number of carbonyl (C=O) groups excluding carboxylic acids is 1. The Labute approximate surface area is 90.0 Å². The van der Waals surface area contributed by atoms with E-state index in [9.17, 15) is 4.79 Å². The molecule has 0 saturated heterocycles. The summed E-state index contributed by atoms with van der Waals surface area (Å²) in [4.78, 5) is 12.2. The van der Waals surface area contributed by atoms with E-state index < -0.39 is 0 Å². The maximum absolute atomic E-state index is 11.5. The number of ether oxygens (including phenoxy) is 1. The van der Waals surface area contributed by atoms with Crippen LogP contribution in [0.1, 0.15) is 23.0 Å². The van der Waals surface area contributed by atoms with Gasteiger partial charge < -0.3 is 4.74 Å². The molecule has 0 saturated carbocycles. The third kappa shape index (κ3) is 3.21. The summed E-state index contributed by atoms with van der Waals surface area (Å²) in [5.41, 5.74) is 0. The lowest BCUT2D eigenvalue weighted by molar-refractivity contribution is 0.0765. The van der Waals surface area contributed by atoms with Crippen molar-refractivity contribution in [2.24, 2.45) is 0 Å². The van der Waals surface area contributed by atoms with E-state index in [1.165, 1.54) is 11.3 Å². The second kappa shape index (κ2) is 5.52. The molecular formula is C9H11BrO2S. The van der Waals surface area contributed by atoms with Crippen LogP contribution in [-0.4, -0.2) is 19.0 Å². The molecule has 1 rings (SSSR count).